The Morgan fingerprint density at radius 2 is 1.80 bits per heavy atom. The molecule has 0 aromatic heterocycles. The van der Waals surface area contributed by atoms with Crippen molar-refractivity contribution in [3.8, 4) is 0 Å². The van der Waals surface area contributed by atoms with Crippen molar-refractivity contribution >= 4 is 13.0 Å². The molecule has 0 heterocycles. The summed E-state index contributed by atoms with van der Waals surface area (Å²) in [7, 11) is 4.04. The van der Waals surface area contributed by atoms with Crippen LogP contribution in [0.5, 0.6) is 0 Å². The Kier molecular flexibility index (Phi) is 4.67. The maximum atomic E-state index is 4.04. The first kappa shape index (κ1) is 9.93. The molecule has 0 spiro atoms. The Morgan fingerprint density at radius 1 is 1.30 bits per heavy atom. The van der Waals surface area contributed by atoms with Gasteiger partial charge in [-0.2, -0.15) is 0 Å². The van der Waals surface area contributed by atoms with E-state index in [9.17, 15) is 0 Å². The number of rotatable bonds is 4. The fourth-order valence-electron chi connectivity index (χ4n) is 0.828. The van der Waals surface area contributed by atoms with Crippen molar-refractivity contribution in [2.24, 2.45) is 11.8 Å². The molecule has 0 nitrogen and oxygen atoms in total. The van der Waals surface area contributed by atoms with Crippen molar-refractivity contribution in [2.45, 2.75) is 40.5 Å². The Labute approximate surface area is 66.1 Å². The first-order valence-electron chi connectivity index (χ1n) is 4.25. The molecule has 0 aliphatic rings. The molecule has 0 aromatic rings. The van der Waals surface area contributed by atoms with Crippen LogP contribution in [-0.2, 0) is 0 Å². The minimum atomic E-state index is 0.661. The molecule has 1 heteroatoms. The topological polar surface area (TPSA) is 0 Å². The van der Waals surface area contributed by atoms with E-state index in [4.69, 9.17) is 0 Å². The summed E-state index contributed by atoms with van der Waals surface area (Å²) in [6, 6.07) is 0. The zero-order valence-electron chi connectivity index (χ0n) is 7.78. The molecule has 58 valence electrons. The second-order valence-corrected chi connectivity index (χ2v) is 3.53. The molecular weight excluding hydrogens is 119 g/mol. The van der Waals surface area contributed by atoms with Gasteiger partial charge in [0.05, 0.1) is 0 Å². The van der Waals surface area contributed by atoms with Crippen molar-refractivity contribution in [2.75, 3.05) is 0 Å². The Hall–Kier alpha value is -0.0651. The van der Waals surface area contributed by atoms with E-state index in [0.29, 0.717) is 5.92 Å². The van der Waals surface area contributed by atoms with E-state index in [2.05, 4.69) is 35.2 Å². The summed E-state index contributed by atoms with van der Waals surface area (Å²) < 4.78 is 0. The minimum absolute atomic E-state index is 0.661. The van der Waals surface area contributed by atoms with E-state index in [1.807, 2.05) is 0 Å². The average molecular weight is 138 g/mol. The molecule has 0 saturated carbocycles. The third kappa shape index (κ3) is 3.87. The Balaban J connectivity index is 3.57. The monoisotopic (exact) mass is 138 g/mol. The van der Waals surface area contributed by atoms with Crippen LogP contribution in [0.15, 0.2) is 0 Å². The molecule has 0 amide bonds. The van der Waals surface area contributed by atoms with Crippen LogP contribution >= 0.6 is 0 Å². The van der Waals surface area contributed by atoms with Gasteiger partial charge in [0.15, 0.2) is 0 Å². The Morgan fingerprint density at radius 3 is 2.10 bits per heavy atom. The van der Waals surface area contributed by atoms with Gasteiger partial charge in [-0.15, -0.1) is 0 Å². The number of hydrogen-bond acceptors (Lipinski definition) is 0. The van der Waals surface area contributed by atoms with Crippen LogP contribution in [0.25, 0.3) is 0 Å². The standard InChI is InChI=1S/C9H19B/c1-5-8(4)6-9(10)7(2)3/h7-8,10H,5-6H2,1-4H3. The van der Waals surface area contributed by atoms with E-state index in [-0.39, 0.29) is 0 Å². The molecule has 0 aliphatic carbocycles. The van der Waals surface area contributed by atoms with Crippen molar-refractivity contribution in [1.82, 2.24) is 0 Å². The molecule has 0 bridgehead atoms. The predicted octanol–water partition coefficient (Wildman–Crippen LogP) is 2.15. The number of hydrogen-bond donors (Lipinski definition) is 0. The molecule has 0 rings (SSSR count). The molecule has 0 saturated heterocycles. The molecule has 0 fully saturated rings. The van der Waals surface area contributed by atoms with E-state index in [0.717, 1.165) is 5.92 Å². The fraction of sp³-hybridized carbons (Fsp3) is 0.889. The van der Waals surface area contributed by atoms with Gasteiger partial charge in [0.1, 0.15) is 0 Å². The third-order valence-electron chi connectivity index (χ3n) is 2.12. The van der Waals surface area contributed by atoms with Gasteiger partial charge in [-0.25, -0.2) is 0 Å². The van der Waals surface area contributed by atoms with Gasteiger partial charge in [0.2, 0.25) is 0 Å². The van der Waals surface area contributed by atoms with Crippen LogP contribution in [-0.4, -0.2) is 13.0 Å². The molecule has 0 aromatic carbocycles. The van der Waals surface area contributed by atoms with Gasteiger partial charge >= 0.3 is 65.3 Å². The summed E-state index contributed by atoms with van der Waals surface area (Å²) >= 11 is 0. The van der Waals surface area contributed by atoms with Crippen molar-refractivity contribution in [1.29, 1.82) is 0 Å². The first-order chi connectivity index (χ1) is 4.57. The maximum absolute atomic E-state index is 4.04. The molecule has 1 atom stereocenters. The quantitative estimate of drug-likeness (QED) is 0.522. The van der Waals surface area contributed by atoms with Crippen molar-refractivity contribution in [3.63, 3.8) is 0 Å². The van der Waals surface area contributed by atoms with Gasteiger partial charge in [-0.3, -0.25) is 0 Å². The normalized spacial score (nSPS) is 13.6. The third-order valence-corrected chi connectivity index (χ3v) is 2.12. The predicted molar refractivity (Wildman–Crippen MR) is 51.1 cm³/mol. The SMILES string of the molecule is B=C(CC(C)CC)C(C)C. The van der Waals surface area contributed by atoms with Gasteiger partial charge in [0.25, 0.3) is 0 Å². The summed E-state index contributed by atoms with van der Waals surface area (Å²) in [4.78, 5) is 0. The second-order valence-electron chi connectivity index (χ2n) is 3.53. The van der Waals surface area contributed by atoms with E-state index >= 15 is 0 Å². The van der Waals surface area contributed by atoms with Crippen LogP contribution in [0.4, 0.5) is 0 Å². The van der Waals surface area contributed by atoms with Crippen molar-refractivity contribution < 1.29 is 0 Å². The van der Waals surface area contributed by atoms with Crippen LogP contribution in [0.1, 0.15) is 40.5 Å². The molecule has 0 aliphatic heterocycles. The average Bonchev–Trinajstić information content (AvgIpc) is 1.87. The zero-order valence-corrected chi connectivity index (χ0v) is 7.78. The van der Waals surface area contributed by atoms with E-state index < -0.39 is 0 Å². The van der Waals surface area contributed by atoms with Gasteiger partial charge in [0, 0.05) is 0 Å². The molecule has 0 radical (unpaired) electrons. The fourth-order valence-corrected chi connectivity index (χ4v) is 0.828. The zero-order chi connectivity index (χ0) is 8.15. The van der Waals surface area contributed by atoms with E-state index in [1.54, 1.807) is 0 Å². The van der Waals surface area contributed by atoms with Gasteiger partial charge < -0.3 is 0 Å². The summed E-state index contributed by atoms with van der Waals surface area (Å²) in [5.74, 6) is 1.48. The van der Waals surface area contributed by atoms with Crippen LogP contribution in [0.3, 0.4) is 0 Å². The molecule has 1 unspecified atom stereocenters. The second kappa shape index (κ2) is 4.70. The summed E-state index contributed by atoms with van der Waals surface area (Å²) in [6.45, 7) is 8.95. The summed E-state index contributed by atoms with van der Waals surface area (Å²) in [6.07, 6.45) is 2.47. The van der Waals surface area contributed by atoms with Gasteiger partial charge in [-0.05, 0) is 0 Å². The summed E-state index contributed by atoms with van der Waals surface area (Å²) in [5.41, 5.74) is 1.40. The first-order valence-corrected chi connectivity index (χ1v) is 4.25. The van der Waals surface area contributed by atoms with E-state index in [1.165, 1.54) is 18.3 Å². The summed E-state index contributed by atoms with van der Waals surface area (Å²) in [5, 5.41) is 0. The van der Waals surface area contributed by atoms with Crippen molar-refractivity contribution in [3.05, 3.63) is 0 Å². The van der Waals surface area contributed by atoms with Crippen LogP contribution in [0.2, 0.25) is 0 Å². The van der Waals surface area contributed by atoms with Crippen LogP contribution < -0.4 is 0 Å². The van der Waals surface area contributed by atoms with Crippen LogP contribution in [0, 0.1) is 11.8 Å². The Bertz CT molecular complexity index is 105. The molecule has 10 heavy (non-hydrogen) atoms. The molecular formula is C9H19B. The van der Waals surface area contributed by atoms with Gasteiger partial charge in [-0.1, -0.05) is 0 Å². The molecule has 0 N–H and O–H groups in total.